The summed E-state index contributed by atoms with van der Waals surface area (Å²) in [5, 5.41) is 25.2. The van der Waals surface area contributed by atoms with Gasteiger partial charge in [-0.15, -0.1) is 0 Å². The lowest BCUT2D eigenvalue weighted by Crippen LogP contribution is -2.22. The standard InChI is InChI=1S/C19H19F3N4O5/c1-9-10(2)23-16(24-12-5-3-11(4-6-12)19(20,21)22)14(17-25-18(29)31-26-17)15(9)30-8-13(28)7-27/h3-6,13,27-28H,7-8H2,1-2H3,(H,23,24)(H,25,26,29). The monoisotopic (exact) mass is 440 g/mol. The van der Waals surface area contributed by atoms with E-state index < -0.39 is 30.2 Å². The summed E-state index contributed by atoms with van der Waals surface area (Å²) in [6.45, 7) is 2.57. The molecule has 0 saturated heterocycles. The molecule has 0 radical (unpaired) electrons. The van der Waals surface area contributed by atoms with Crippen molar-refractivity contribution in [3.63, 3.8) is 0 Å². The summed E-state index contributed by atoms with van der Waals surface area (Å²) in [7, 11) is 0. The van der Waals surface area contributed by atoms with Gasteiger partial charge in [0.2, 0.25) is 0 Å². The molecule has 0 fully saturated rings. The number of H-pyrrole nitrogens is 1. The van der Waals surface area contributed by atoms with E-state index in [1.165, 1.54) is 12.1 Å². The summed E-state index contributed by atoms with van der Waals surface area (Å²) in [6.07, 6.45) is -5.64. The first-order valence-electron chi connectivity index (χ1n) is 9.03. The molecule has 0 saturated carbocycles. The topological polar surface area (TPSA) is 134 Å². The average molecular weight is 440 g/mol. The van der Waals surface area contributed by atoms with E-state index in [2.05, 4.69) is 25.0 Å². The molecule has 1 atom stereocenters. The zero-order valence-corrected chi connectivity index (χ0v) is 16.4. The fraction of sp³-hybridized carbons (Fsp3) is 0.316. The Hall–Kier alpha value is -3.38. The Kier molecular flexibility index (Phi) is 6.32. The molecule has 2 heterocycles. The molecule has 12 heteroatoms. The van der Waals surface area contributed by atoms with Crippen molar-refractivity contribution < 1.29 is 32.6 Å². The van der Waals surface area contributed by atoms with Crippen LogP contribution in [-0.2, 0) is 6.18 Å². The Morgan fingerprint density at radius 2 is 1.94 bits per heavy atom. The molecule has 2 aromatic heterocycles. The highest BCUT2D eigenvalue weighted by molar-refractivity contribution is 5.81. The van der Waals surface area contributed by atoms with Gasteiger partial charge in [-0.2, -0.15) is 13.2 Å². The van der Waals surface area contributed by atoms with Crippen LogP contribution >= 0.6 is 0 Å². The molecule has 0 spiro atoms. The number of rotatable bonds is 7. The van der Waals surface area contributed by atoms with Crippen LogP contribution in [0.1, 0.15) is 16.8 Å². The SMILES string of the molecule is Cc1nc(Nc2ccc(C(F)(F)F)cc2)c(-c2noc(=O)[nH]2)c(OCC(O)CO)c1C. The smallest absolute Gasteiger partial charge is 0.439 e. The molecule has 3 rings (SSSR count). The van der Waals surface area contributed by atoms with E-state index in [-0.39, 0.29) is 35.2 Å². The predicted molar refractivity (Wildman–Crippen MR) is 103 cm³/mol. The van der Waals surface area contributed by atoms with Crippen LogP contribution in [0.15, 0.2) is 33.6 Å². The van der Waals surface area contributed by atoms with Crippen LogP contribution in [0.25, 0.3) is 11.4 Å². The van der Waals surface area contributed by atoms with Crippen LogP contribution in [0.4, 0.5) is 24.7 Å². The van der Waals surface area contributed by atoms with Gasteiger partial charge >= 0.3 is 11.9 Å². The van der Waals surface area contributed by atoms with Gasteiger partial charge in [0.05, 0.1) is 12.2 Å². The highest BCUT2D eigenvalue weighted by atomic mass is 19.4. The van der Waals surface area contributed by atoms with Crippen molar-refractivity contribution in [2.24, 2.45) is 0 Å². The van der Waals surface area contributed by atoms with Crippen molar-refractivity contribution in [3.8, 4) is 17.1 Å². The maximum atomic E-state index is 12.8. The van der Waals surface area contributed by atoms with Crippen LogP contribution < -0.4 is 15.8 Å². The molecule has 166 valence electrons. The number of aliphatic hydroxyl groups is 2. The van der Waals surface area contributed by atoms with Crippen LogP contribution in [0.3, 0.4) is 0 Å². The first-order valence-corrected chi connectivity index (χ1v) is 9.03. The maximum Gasteiger partial charge on any atom is 0.439 e. The summed E-state index contributed by atoms with van der Waals surface area (Å²) in [6, 6.07) is 4.28. The van der Waals surface area contributed by atoms with E-state index >= 15 is 0 Å². The summed E-state index contributed by atoms with van der Waals surface area (Å²) < 4.78 is 48.7. The van der Waals surface area contributed by atoms with Gasteiger partial charge in [0.1, 0.15) is 29.8 Å². The maximum absolute atomic E-state index is 12.8. The lowest BCUT2D eigenvalue weighted by Gasteiger charge is -2.19. The van der Waals surface area contributed by atoms with Crippen molar-refractivity contribution >= 4 is 11.5 Å². The van der Waals surface area contributed by atoms with E-state index in [0.29, 0.717) is 11.3 Å². The van der Waals surface area contributed by atoms with Crippen LogP contribution in [0.2, 0.25) is 0 Å². The normalized spacial score (nSPS) is 12.6. The minimum absolute atomic E-state index is 0.0384. The Bertz CT molecular complexity index is 1110. The van der Waals surface area contributed by atoms with Gasteiger partial charge in [0.25, 0.3) is 0 Å². The Labute approximate surface area is 173 Å². The fourth-order valence-corrected chi connectivity index (χ4v) is 2.71. The Balaban J connectivity index is 2.08. The molecule has 0 bridgehead atoms. The van der Waals surface area contributed by atoms with Crippen molar-refractivity contribution in [3.05, 3.63) is 51.6 Å². The van der Waals surface area contributed by atoms with E-state index in [0.717, 1.165) is 12.1 Å². The van der Waals surface area contributed by atoms with Crippen molar-refractivity contribution in [1.82, 2.24) is 15.1 Å². The Morgan fingerprint density at radius 1 is 1.26 bits per heavy atom. The number of aliphatic hydroxyl groups excluding tert-OH is 2. The third-order valence-electron chi connectivity index (χ3n) is 4.41. The molecule has 31 heavy (non-hydrogen) atoms. The van der Waals surface area contributed by atoms with Gasteiger partial charge in [0, 0.05) is 16.9 Å². The van der Waals surface area contributed by atoms with E-state index in [1.807, 2.05) is 0 Å². The number of aryl methyl sites for hydroxylation is 1. The van der Waals surface area contributed by atoms with Crippen LogP contribution in [-0.4, -0.2) is 44.7 Å². The number of anilines is 2. The summed E-state index contributed by atoms with van der Waals surface area (Å²) in [5.74, 6) is -0.557. The molecular weight excluding hydrogens is 421 g/mol. The zero-order chi connectivity index (χ0) is 22.8. The number of benzene rings is 1. The number of hydrogen-bond acceptors (Lipinski definition) is 8. The first kappa shape index (κ1) is 22.3. The zero-order valence-electron chi connectivity index (χ0n) is 16.4. The van der Waals surface area contributed by atoms with Gasteiger partial charge in [-0.1, -0.05) is 5.16 Å². The molecule has 0 aliphatic rings. The lowest BCUT2D eigenvalue weighted by molar-refractivity contribution is -0.137. The molecule has 9 nitrogen and oxygen atoms in total. The average Bonchev–Trinajstić information content (AvgIpc) is 3.14. The highest BCUT2D eigenvalue weighted by Crippen LogP contribution is 2.39. The molecule has 0 amide bonds. The number of nitrogens with zero attached hydrogens (tertiary/aromatic N) is 2. The molecular formula is C19H19F3N4O5. The fourth-order valence-electron chi connectivity index (χ4n) is 2.71. The van der Waals surface area contributed by atoms with Gasteiger partial charge in [-0.3, -0.25) is 9.51 Å². The number of nitrogens with one attached hydrogen (secondary N) is 2. The highest BCUT2D eigenvalue weighted by Gasteiger charge is 2.30. The van der Waals surface area contributed by atoms with E-state index in [9.17, 15) is 23.1 Å². The third-order valence-corrected chi connectivity index (χ3v) is 4.41. The second kappa shape index (κ2) is 8.78. The number of aromatic amines is 1. The number of pyridine rings is 1. The lowest BCUT2D eigenvalue weighted by atomic mass is 10.1. The number of alkyl halides is 3. The summed E-state index contributed by atoms with van der Waals surface area (Å²) >= 11 is 0. The van der Waals surface area contributed by atoms with Gasteiger partial charge in [-0.05, 0) is 38.1 Å². The minimum Gasteiger partial charge on any atom is -0.490 e. The van der Waals surface area contributed by atoms with Crippen molar-refractivity contribution in [1.29, 1.82) is 0 Å². The van der Waals surface area contributed by atoms with Crippen molar-refractivity contribution in [2.45, 2.75) is 26.1 Å². The second-order valence-electron chi connectivity index (χ2n) is 6.67. The van der Waals surface area contributed by atoms with E-state index in [1.54, 1.807) is 13.8 Å². The summed E-state index contributed by atoms with van der Waals surface area (Å²) in [4.78, 5) is 18.3. The number of halogens is 3. The second-order valence-corrected chi connectivity index (χ2v) is 6.67. The van der Waals surface area contributed by atoms with Crippen LogP contribution in [0, 0.1) is 13.8 Å². The van der Waals surface area contributed by atoms with Gasteiger partial charge in [0.15, 0.2) is 5.82 Å². The Morgan fingerprint density at radius 3 is 2.48 bits per heavy atom. The molecule has 1 aromatic carbocycles. The van der Waals surface area contributed by atoms with Gasteiger partial charge in [-0.25, -0.2) is 9.78 Å². The largest absolute Gasteiger partial charge is 0.490 e. The third kappa shape index (κ3) is 5.03. The van der Waals surface area contributed by atoms with E-state index in [4.69, 9.17) is 9.84 Å². The number of ether oxygens (including phenoxy) is 1. The molecule has 0 aliphatic heterocycles. The molecule has 4 N–H and O–H groups in total. The van der Waals surface area contributed by atoms with Crippen molar-refractivity contribution in [2.75, 3.05) is 18.5 Å². The predicted octanol–water partition coefficient (Wildman–Crippen LogP) is 2.54. The van der Waals surface area contributed by atoms with Crippen LogP contribution in [0.5, 0.6) is 5.75 Å². The molecule has 0 aliphatic carbocycles. The molecule has 3 aromatic rings. The quantitative estimate of drug-likeness (QED) is 0.441. The molecule has 1 unspecified atom stereocenters. The summed E-state index contributed by atoms with van der Waals surface area (Å²) in [5.41, 5.74) is 0.713. The first-order chi connectivity index (χ1) is 14.6. The number of aromatic nitrogens is 3. The minimum atomic E-state index is -4.48. The number of hydrogen-bond donors (Lipinski definition) is 4. The van der Waals surface area contributed by atoms with Gasteiger partial charge < -0.3 is 20.3 Å².